The second-order valence-corrected chi connectivity index (χ2v) is 8.76. The van der Waals surface area contributed by atoms with E-state index in [1.54, 1.807) is 19.1 Å². The number of hydrogen-bond acceptors (Lipinski definition) is 8. The van der Waals surface area contributed by atoms with Crippen LogP contribution in [0.15, 0.2) is 60.0 Å². The molecule has 8 nitrogen and oxygen atoms in total. The molecule has 0 aliphatic carbocycles. The second-order valence-electron chi connectivity index (χ2n) is 7.87. The van der Waals surface area contributed by atoms with Gasteiger partial charge < -0.3 is 9.84 Å². The monoisotopic (exact) mass is 483 g/mol. The molecule has 0 spiro atoms. The summed E-state index contributed by atoms with van der Waals surface area (Å²) in [5.41, 5.74) is 2.72. The van der Waals surface area contributed by atoms with Gasteiger partial charge in [-0.3, -0.25) is 20.2 Å². The van der Waals surface area contributed by atoms with Gasteiger partial charge in [-0.1, -0.05) is 49.4 Å². The summed E-state index contributed by atoms with van der Waals surface area (Å²) in [5.74, 6) is -1.29. The van der Waals surface area contributed by atoms with Crippen molar-refractivity contribution in [3.8, 4) is 0 Å². The molecule has 34 heavy (non-hydrogen) atoms. The minimum atomic E-state index is -1.18. The summed E-state index contributed by atoms with van der Waals surface area (Å²) in [6.45, 7) is 3.97. The largest absolute Gasteiger partial charge is 0.466 e. The highest BCUT2D eigenvalue weighted by Gasteiger charge is 2.31. The van der Waals surface area contributed by atoms with Crippen molar-refractivity contribution >= 4 is 23.0 Å². The van der Waals surface area contributed by atoms with E-state index in [0.29, 0.717) is 12.8 Å². The maximum absolute atomic E-state index is 12.7. The Hall–Kier alpha value is -3.14. The van der Waals surface area contributed by atoms with E-state index in [1.807, 2.05) is 42.6 Å². The molecular formula is C25H29N3O5S. The SMILES string of the molecule is CCOC(=O)C(Cc1ccccc1)C(O)N[C@@H](Cc1ccc([N+](=O)[O-])cc1)c1nc(CC)cs1. The lowest BCUT2D eigenvalue weighted by molar-refractivity contribution is -0.384. The highest BCUT2D eigenvalue weighted by Crippen LogP contribution is 2.26. The molecule has 0 saturated carbocycles. The number of aliphatic hydroxyl groups excluding tert-OH is 1. The Morgan fingerprint density at radius 2 is 1.79 bits per heavy atom. The molecule has 2 aromatic carbocycles. The number of ether oxygens (including phenoxy) is 1. The predicted molar refractivity (Wildman–Crippen MR) is 130 cm³/mol. The van der Waals surface area contributed by atoms with Crippen LogP contribution in [-0.2, 0) is 28.8 Å². The number of nitro groups is 1. The van der Waals surface area contributed by atoms with Crippen LogP contribution in [0.2, 0.25) is 0 Å². The lowest BCUT2D eigenvalue weighted by atomic mass is 9.96. The number of aliphatic hydroxyl groups is 1. The highest BCUT2D eigenvalue weighted by atomic mass is 32.1. The van der Waals surface area contributed by atoms with E-state index in [4.69, 9.17) is 4.74 Å². The number of carbonyl (C=O) groups is 1. The van der Waals surface area contributed by atoms with E-state index < -0.39 is 29.1 Å². The fraction of sp³-hybridized carbons (Fsp3) is 0.360. The third-order valence-electron chi connectivity index (χ3n) is 5.46. The smallest absolute Gasteiger partial charge is 0.313 e. The molecule has 0 saturated heterocycles. The van der Waals surface area contributed by atoms with Gasteiger partial charge >= 0.3 is 5.97 Å². The topological polar surface area (TPSA) is 115 Å². The van der Waals surface area contributed by atoms with Gasteiger partial charge in [-0.05, 0) is 37.3 Å². The Morgan fingerprint density at radius 1 is 1.12 bits per heavy atom. The summed E-state index contributed by atoms with van der Waals surface area (Å²) in [6, 6.07) is 15.4. The number of aryl methyl sites for hydroxylation is 1. The van der Waals surface area contributed by atoms with Crippen molar-refractivity contribution in [2.45, 2.75) is 45.4 Å². The zero-order valence-corrected chi connectivity index (χ0v) is 20.0. The second kappa shape index (κ2) is 12.4. The van der Waals surface area contributed by atoms with Crippen molar-refractivity contribution in [3.63, 3.8) is 0 Å². The van der Waals surface area contributed by atoms with Crippen molar-refractivity contribution in [2.24, 2.45) is 5.92 Å². The molecule has 0 radical (unpaired) electrons. The van der Waals surface area contributed by atoms with Crippen molar-refractivity contribution < 1.29 is 19.6 Å². The molecule has 3 rings (SSSR count). The summed E-state index contributed by atoms with van der Waals surface area (Å²) in [4.78, 5) is 27.9. The van der Waals surface area contributed by atoms with Gasteiger partial charge in [0.15, 0.2) is 0 Å². The lowest BCUT2D eigenvalue weighted by Crippen LogP contribution is -2.44. The van der Waals surface area contributed by atoms with Gasteiger partial charge in [0.1, 0.15) is 17.2 Å². The Bertz CT molecular complexity index is 1070. The summed E-state index contributed by atoms with van der Waals surface area (Å²) in [6.07, 6.45) is 0.349. The Balaban J connectivity index is 1.84. The molecule has 9 heteroatoms. The number of esters is 1. The molecule has 2 N–H and O–H groups in total. The summed E-state index contributed by atoms with van der Waals surface area (Å²) < 4.78 is 5.24. The number of thiazole rings is 1. The molecule has 180 valence electrons. The third kappa shape index (κ3) is 6.93. The van der Waals surface area contributed by atoms with Crippen LogP contribution in [0.4, 0.5) is 5.69 Å². The van der Waals surface area contributed by atoms with E-state index in [1.165, 1.54) is 23.5 Å². The minimum absolute atomic E-state index is 0.0149. The van der Waals surface area contributed by atoms with Crippen molar-refractivity contribution in [1.82, 2.24) is 10.3 Å². The number of carbonyl (C=O) groups excluding carboxylic acids is 1. The maximum Gasteiger partial charge on any atom is 0.313 e. The number of hydrogen-bond donors (Lipinski definition) is 2. The summed E-state index contributed by atoms with van der Waals surface area (Å²) >= 11 is 1.48. The van der Waals surface area contributed by atoms with Gasteiger partial charge in [-0.2, -0.15) is 0 Å². The number of nitrogens with zero attached hydrogens (tertiary/aromatic N) is 2. The van der Waals surface area contributed by atoms with Crippen LogP contribution in [-0.4, -0.2) is 33.8 Å². The Kier molecular flexibility index (Phi) is 9.26. The summed E-state index contributed by atoms with van der Waals surface area (Å²) in [5, 5.41) is 28.1. The molecule has 0 fully saturated rings. The standard InChI is InChI=1S/C25H29N3O5S/c1-3-19-16-34-24(26-19)22(15-18-10-12-20(13-11-18)28(31)32)27-23(29)21(25(30)33-4-2)14-17-8-6-5-7-9-17/h5-13,16,21-23,27,29H,3-4,14-15H2,1-2H3/t21?,22-,23?/m0/s1. The third-order valence-corrected chi connectivity index (χ3v) is 6.46. The van der Waals surface area contributed by atoms with Gasteiger partial charge in [0.2, 0.25) is 0 Å². The normalized spacial score (nSPS) is 13.7. The fourth-order valence-corrected chi connectivity index (χ4v) is 4.58. The number of nitro benzene ring substituents is 1. The average Bonchev–Trinajstić information content (AvgIpc) is 3.32. The van der Waals surface area contributed by atoms with E-state index >= 15 is 0 Å². The number of benzene rings is 2. The molecule has 0 aliphatic rings. The molecule has 3 atom stereocenters. The zero-order chi connectivity index (χ0) is 24.5. The van der Waals surface area contributed by atoms with Crippen molar-refractivity contribution in [2.75, 3.05) is 6.61 Å². The van der Waals surface area contributed by atoms with Gasteiger partial charge in [0.25, 0.3) is 5.69 Å². The predicted octanol–water partition coefficient (Wildman–Crippen LogP) is 4.23. The van der Waals surface area contributed by atoms with Gasteiger partial charge in [-0.15, -0.1) is 11.3 Å². The van der Waals surface area contributed by atoms with Crippen LogP contribution in [0.5, 0.6) is 0 Å². The van der Waals surface area contributed by atoms with Crippen LogP contribution >= 0.6 is 11.3 Å². The van der Waals surface area contributed by atoms with E-state index in [9.17, 15) is 20.0 Å². The Morgan fingerprint density at radius 3 is 2.38 bits per heavy atom. The fourth-order valence-electron chi connectivity index (χ4n) is 3.62. The number of aromatic nitrogens is 1. The lowest BCUT2D eigenvalue weighted by Gasteiger charge is -2.26. The quantitative estimate of drug-likeness (QED) is 0.171. The van der Waals surface area contributed by atoms with Gasteiger partial charge in [0.05, 0.1) is 23.3 Å². The van der Waals surface area contributed by atoms with E-state index in [0.717, 1.165) is 28.2 Å². The van der Waals surface area contributed by atoms with Crippen LogP contribution in [0.3, 0.4) is 0 Å². The van der Waals surface area contributed by atoms with Crippen LogP contribution in [0.1, 0.15) is 41.7 Å². The van der Waals surface area contributed by atoms with Crippen LogP contribution in [0, 0.1) is 16.0 Å². The first-order chi connectivity index (χ1) is 16.4. The van der Waals surface area contributed by atoms with Crippen molar-refractivity contribution in [1.29, 1.82) is 0 Å². The van der Waals surface area contributed by atoms with E-state index in [2.05, 4.69) is 10.3 Å². The van der Waals surface area contributed by atoms with Crippen LogP contribution < -0.4 is 5.32 Å². The van der Waals surface area contributed by atoms with Crippen LogP contribution in [0.25, 0.3) is 0 Å². The van der Waals surface area contributed by atoms with Gasteiger partial charge in [0, 0.05) is 17.5 Å². The first-order valence-electron chi connectivity index (χ1n) is 11.2. The molecule has 0 aliphatic heterocycles. The van der Waals surface area contributed by atoms with E-state index in [-0.39, 0.29) is 12.3 Å². The Labute approximate surface area is 202 Å². The summed E-state index contributed by atoms with van der Waals surface area (Å²) in [7, 11) is 0. The molecule has 0 bridgehead atoms. The first kappa shape index (κ1) is 25.5. The maximum atomic E-state index is 12.7. The van der Waals surface area contributed by atoms with Crippen molar-refractivity contribution in [3.05, 3.63) is 91.9 Å². The molecule has 1 aromatic heterocycles. The molecule has 2 unspecified atom stereocenters. The molecule has 3 aromatic rings. The molecular weight excluding hydrogens is 454 g/mol. The van der Waals surface area contributed by atoms with Gasteiger partial charge in [-0.25, -0.2) is 4.98 Å². The minimum Gasteiger partial charge on any atom is -0.466 e. The zero-order valence-electron chi connectivity index (χ0n) is 19.2. The highest BCUT2D eigenvalue weighted by molar-refractivity contribution is 7.09. The first-order valence-corrected chi connectivity index (χ1v) is 12.1. The average molecular weight is 484 g/mol. The number of non-ortho nitro benzene ring substituents is 1. The molecule has 0 amide bonds. The molecule has 1 heterocycles. The number of rotatable bonds is 12. The number of nitrogens with one attached hydrogen (secondary N) is 1.